The summed E-state index contributed by atoms with van der Waals surface area (Å²) in [7, 11) is 0. The topological polar surface area (TPSA) is 71.2 Å². The summed E-state index contributed by atoms with van der Waals surface area (Å²) in [6, 6.07) is 10.9. The Balaban J connectivity index is 1.88. The van der Waals surface area contributed by atoms with Crippen molar-refractivity contribution in [3.8, 4) is 0 Å². The number of hydrogen-bond acceptors (Lipinski definition) is 6. The van der Waals surface area contributed by atoms with Gasteiger partial charge in [-0.05, 0) is 36.2 Å². The lowest BCUT2D eigenvalue weighted by Crippen LogP contribution is -2.31. The van der Waals surface area contributed by atoms with Gasteiger partial charge in [-0.1, -0.05) is 23.7 Å². The highest BCUT2D eigenvalue weighted by Gasteiger charge is 2.05. The Kier molecular flexibility index (Phi) is 5.44. The molecule has 3 N–H and O–H groups in total. The van der Waals surface area contributed by atoms with Crippen molar-refractivity contribution in [2.75, 3.05) is 15.6 Å². The third-order valence-corrected chi connectivity index (χ3v) is 3.80. The van der Waals surface area contributed by atoms with Gasteiger partial charge in [-0.3, -0.25) is 14.8 Å². The van der Waals surface area contributed by atoms with E-state index in [0.717, 1.165) is 11.4 Å². The number of para-hydroxylation sites is 1. The van der Waals surface area contributed by atoms with Gasteiger partial charge in [0.2, 0.25) is 0 Å². The lowest BCUT2D eigenvalue weighted by atomic mass is 10.2. The normalized spacial score (nSPS) is 10.2. The zero-order chi connectivity index (χ0) is 15.2. The monoisotopic (exact) mass is 322 g/mol. The summed E-state index contributed by atoms with van der Waals surface area (Å²) in [4.78, 5) is 15.2. The number of benzene rings is 1. The summed E-state index contributed by atoms with van der Waals surface area (Å²) in [6.45, 7) is 1.48. The van der Waals surface area contributed by atoms with E-state index in [2.05, 4.69) is 9.71 Å². The van der Waals surface area contributed by atoms with Crippen LogP contribution >= 0.6 is 23.5 Å². The number of anilines is 2. The Morgan fingerprint density at radius 3 is 2.76 bits per heavy atom. The van der Waals surface area contributed by atoms with Crippen LogP contribution in [-0.2, 0) is 0 Å². The van der Waals surface area contributed by atoms with Crippen LogP contribution in [0.4, 0.5) is 11.4 Å². The van der Waals surface area contributed by atoms with Gasteiger partial charge in [0.15, 0.2) is 5.78 Å². The minimum absolute atomic E-state index is 0.0696. The molecular weight excluding hydrogens is 308 g/mol. The molecule has 1 aromatic carbocycles. The Hall–Kier alpha value is -1.76. The van der Waals surface area contributed by atoms with Crippen molar-refractivity contribution < 1.29 is 4.79 Å². The summed E-state index contributed by atoms with van der Waals surface area (Å²) >= 11 is 7.45. The minimum atomic E-state index is -0.0696. The van der Waals surface area contributed by atoms with Gasteiger partial charge in [-0.2, -0.15) is 0 Å². The number of nitrogens with zero attached hydrogens (tertiary/aromatic N) is 2. The Bertz CT molecular complexity index is 621. The lowest BCUT2D eigenvalue weighted by Gasteiger charge is -2.18. The van der Waals surface area contributed by atoms with Gasteiger partial charge < -0.3 is 4.72 Å². The molecular formula is C14H15ClN4OS. The second-order valence-electron chi connectivity index (χ2n) is 4.28. The zero-order valence-electron chi connectivity index (χ0n) is 11.4. The van der Waals surface area contributed by atoms with Crippen LogP contribution in [-0.4, -0.2) is 16.6 Å². The molecule has 2 rings (SSSR count). The van der Waals surface area contributed by atoms with Crippen LogP contribution < -0.4 is 15.6 Å². The minimum Gasteiger partial charge on any atom is -0.327 e. The Morgan fingerprint density at radius 2 is 2.14 bits per heavy atom. The number of carbonyl (C=O) groups excluding carboxylic acids is 1. The van der Waals surface area contributed by atoms with Crippen molar-refractivity contribution in [3.63, 3.8) is 0 Å². The van der Waals surface area contributed by atoms with Crippen molar-refractivity contribution in [2.24, 2.45) is 5.84 Å². The molecule has 1 aromatic heterocycles. The predicted molar refractivity (Wildman–Crippen MR) is 88.4 cm³/mol. The van der Waals surface area contributed by atoms with Crippen molar-refractivity contribution >= 4 is 40.7 Å². The van der Waals surface area contributed by atoms with E-state index in [0.29, 0.717) is 16.6 Å². The van der Waals surface area contributed by atoms with Crippen LogP contribution in [0, 0.1) is 0 Å². The van der Waals surface area contributed by atoms with Gasteiger partial charge in [-0.25, -0.2) is 5.84 Å². The molecule has 0 fully saturated rings. The summed E-state index contributed by atoms with van der Waals surface area (Å²) in [5.41, 5.74) is 1.99. The first kappa shape index (κ1) is 15.6. The molecule has 0 aliphatic heterocycles. The fourth-order valence-electron chi connectivity index (χ4n) is 1.56. The number of pyridine rings is 1. The maximum Gasteiger partial charge on any atom is 0.178 e. The van der Waals surface area contributed by atoms with E-state index in [-0.39, 0.29) is 5.78 Å². The number of rotatable bonds is 6. The van der Waals surface area contributed by atoms with Gasteiger partial charge in [0.05, 0.1) is 28.5 Å². The van der Waals surface area contributed by atoms with E-state index in [1.807, 2.05) is 24.3 Å². The van der Waals surface area contributed by atoms with Crippen LogP contribution in [0.15, 0.2) is 42.6 Å². The fourth-order valence-corrected chi connectivity index (χ4v) is 2.49. The molecule has 0 spiro atoms. The van der Waals surface area contributed by atoms with Crippen LogP contribution in [0.25, 0.3) is 0 Å². The summed E-state index contributed by atoms with van der Waals surface area (Å²) in [5, 5.41) is 2.19. The van der Waals surface area contributed by atoms with Gasteiger partial charge in [0.1, 0.15) is 5.69 Å². The summed E-state index contributed by atoms with van der Waals surface area (Å²) in [5.74, 6) is 6.36. The van der Waals surface area contributed by atoms with Crippen molar-refractivity contribution in [3.05, 3.63) is 53.3 Å². The summed E-state index contributed by atoms with van der Waals surface area (Å²) < 4.78 is 3.13. The second-order valence-corrected chi connectivity index (χ2v) is 5.44. The predicted octanol–water partition coefficient (Wildman–Crippen LogP) is 3.34. The third kappa shape index (κ3) is 4.35. The molecule has 0 aliphatic carbocycles. The molecule has 0 bridgehead atoms. The molecule has 5 nitrogen and oxygen atoms in total. The summed E-state index contributed by atoms with van der Waals surface area (Å²) in [6.07, 6.45) is 1.58. The van der Waals surface area contributed by atoms with Crippen LogP contribution in [0.2, 0.25) is 5.02 Å². The van der Waals surface area contributed by atoms with Gasteiger partial charge >= 0.3 is 0 Å². The standard InChI is InChI=1S/C14H15ClN4OS/c1-10(20)13-7-6-11(8-17-13)19(16)9-21-18-14-5-3-2-4-12(14)15/h2-8,18H,9,16H2,1H3. The highest BCUT2D eigenvalue weighted by Crippen LogP contribution is 2.23. The number of hydrogen-bond donors (Lipinski definition) is 2. The number of nitrogens with two attached hydrogens (primary N) is 1. The molecule has 0 saturated heterocycles. The average Bonchev–Trinajstić information content (AvgIpc) is 2.49. The van der Waals surface area contributed by atoms with Gasteiger partial charge in [0, 0.05) is 6.92 Å². The molecule has 0 unspecified atom stereocenters. The maximum atomic E-state index is 11.2. The van der Waals surface area contributed by atoms with Crippen LogP contribution in [0.5, 0.6) is 0 Å². The fraction of sp³-hybridized carbons (Fsp3) is 0.143. The maximum absolute atomic E-state index is 11.2. The number of carbonyl (C=O) groups is 1. The molecule has 0 atom stereocenters. The number of hydrazine groups is 1. The van der Waals surface area contributed by atoms with E-state index in [4.69, 9.17) is 17.4 Å². The van der Waals surface area contributed by atoms with E-state index in [9.17, 15) is 4.79 Å². The van der Waals surface area contributed by atoms with E-state index in [1.165, 1.54) is 23.9 Å². The van der Waals surface area contributed by atoms with Crippen molar-refractivity contribution in [1.82, 2.24) is 4.98 Å². The first-order chi connectivity index (χ1) is 10.1. The van der Waals surface area contributed by atoms with Crippen molar-refractivity contribution in [2.45, 2.75) is 6.92 Å². The molecule has 0 amide bonds. The second kappa shape index (κ2) is 7.31. The Labute approximate surface area is 132 Å². The molecule has 2 aromatic rings. The first-order valence-corrected chi connectivity index (χ1v) is 7.56. The number of aromatic nitrogens is 1. The smallest absolute Gasteiger partial charge is 0.178 e. The largest absolute Gasteiger partial charge is 0.327 e. The van der Waals surface area contributed by atoms with Gasteiger partial charge in [-0.15, -0.1) is 0 Å². The first-order valence-electron chi connectivity index (χ1n) is 6.19. The molecule has 21 heavy (non-hydrogen) atoms. The molecule has 0 saturated carbocycles. The molecule has 0 aliphatic rings. The van der Waals surface area contributed by atoms with Gasteiger partial charge in [0.25, 0.3) is 0 Å². The highest BCUT2D eigenvalue weighted by molar-refractivity contribution is 8.00. The Morgan fingerprint density at radius 1 is 1.38 bits per heavy atom. The number of halogens is 1. The number of nitrogens with one attached hydrogen (secondary N) is 1. The third-order valence-electron chi connectivity index (χ3n) is 2.70. The molecule has 1 heterocycles. The lowest BCUT2D eigenvalue weighted by molar-refractivity contribution is 0.101. The van der Waals surface area contributed by atoms with E-state index >= 15 is 0 Å². The van der Waals surface area contributed by atoms with Crippen molar-refractivity contribution in [1.29, 1.82) is 0 Å². The number of ketones is 1. The van der Waals surface area contributed by atoms with E-state index in [1.54, 1.807) is 18.3 Å². The zero-order valence-corrected chi connectivity index (χ0v) is 13.0. The quantitative estimate of drug-likeness (QED) is 0.279. The molecule has 0 radical (unpaired) electrons. The average molecular weight is 323 g/mol. The SMILES string of the molecule is CC(=O)c1ccc(N(N)CSNc2ccccc2Cl)cn1. The number of Topliss-reactive ketones (excluding diaryl/α,β-unsaturated/α-hetero) is 1. The van der Waals surface area contributed by atoms with E-state index < -0.39 is 0 Å². The highest BCUT2D eigenvalue weighted by atomic mass is 35.5. The molecule has 7 heteroatoms. The van der Waals surface area contributed by atoms with Crippen LogP contribution in [0.3, 0.4) is 0 Å². The molecule has 110 valence electrons. The van der Waals surface area contributed by atoms with Crippen LogP contribution in [0.1, 0.15) is 17.4 Å².